The molecule has 6 nitrogen and oxygen atoms in total. The first kappa shape index (κ1) is 28.8. The van der Waals surface area contributed by atoms with Crippen LogP contribution in [0.3, 0.4) is 0 Å². The second-order valence-corrected chi connectivity index (χ2v) is 13.9. The molecule has 0 bridgehead atoms. The van der Waals surface area contributed by atoms with Gasteiger partial charge in [-0.25, -0.2) is 0 Å². The lowest BCUT2D eigenvalue weighted by atomic mass is 9.92. The van der Waals surface area contributed by atoms with Crippen molar-refractivity contribution in [2.45, 2.75) is 63.3 Å². The van der Waals surface area contributed by atoms with E-state index in [-0.39, 0.29) is 41.0 Å². The number of piperidine rings is 1. The van der Waals surface area contributed by atoms with Crippen LogP contribution in [-0.2, 0) is 9.59 Å². The van der Waals surface area contributed by atoms with Crippen molar-refractivity contribution in [3.05, 3.63) is 68.2 Å². The van der Waals surface area contributed by atoms with E-state index >= 15 is 0 Å². The number of rotatable bonds is 6. The van der Waals surface area contributed by atoms with Crippen LogP contribution in [0.2, 0.25) is 15.1 Å². The minimum Gasteiger partial charge on any atom is -0.342 e. The Morgan fingerprint density at radius 1 is 0.854 bits per heavy atom. The molecule has 0 radical (unpaired) electrons. The van der Waals surface area contributed by atoms with E-state index in [2.05, 4.69) is 0 Å². The van der Waals surface area contributed by atoms with Crippen molar-refractivity contribution in [2.24, 2.45) is 11.3 Å². The number of hydrogen-bond donors (Lipinski definition) is 0. The second-order valence-electron chi connectivity index (χ2n) is 12.6. The van der Waals surface area contributed by atoms with Crippen LogP contribution in [0.15, 0.2) is 36.4 Å². The first-order valence-corrected chi connectivity index (χ1v) is 15.8. The van der Waals surface area contributed by atoms with Crippen LogP contribution < -0.4 is 0 Å². The summed E-state index contributed by atoms with van der Waals surface area (Å²) in [6, 6.07) is 10.9. The van der Waals surface area contributed by atoms with Crippen LogP contribution in [0, 0.1) is 11.3 Å². The van der Waals surface area contributed by atoms with Crippen LogP contribution in [0.1, 0.15) is 78.8 Å². The van der Waals surface area contributed by atoms with Gasteiger partial charge in [-0.15, -0.1) is 0 Å². The summed E-state index contributed by atoms with van der Waals surface area (Å²) >= 11 is 19.1. The number of benzene rings is 2. The molecule has 2 heterocycles. The SMILES string of the molecule is CN(C(=O)c1ccc(Cl)c(C2CC2)c1)[C@H]1CN(C(=O)C2CCN(C(=O)C3(C)CC3)CC2)C[C@@H]1c1ccc(Cl)c(Cl)c1. The van der Waals surface area contributed by atoms with E-state index in [4.69, 9.17) is 34.8 Å². The Balaban J connectivity index is 1.20. The Bertz CT molecular complexity index is 1380. The van der Waals surface area contributed by atoms with E-state index in [1.165, 1.54) is 0 Å². The number of hydrogen-bond acceptors (Lipinski definition) is 3. The molecule has 0 N–H and O–H groups in total. The standard InChI is InChI=1S/C32H36Cl3N3O3/c1-32(11-12-32)31(41)37-13-9-20(10-14-37)30(40)38-17-24(21-5-8-26(34)27(35)16-21)28(18-38)36(2)29(39)22-6-7-25(33)23(15-22)19-3-4-19/h5-8,15-16,19-20,24,28H,3-4,9-14,17-18H2,1-2H3/t24-,28+/m1/s1. The third-order valence-electron chi connectivity index (χ3n) is 9.70. The first-order chi connectivity index (χ1) is 19.6. The number of likely N-dealkylation sites (N-methyl/N-ethyl adjacent to an activating group) is 1. The molecule has 6 rings (SSSR count). The summed E-state index contributed by atoms with van der Waals surface area (Å²) in [5.41, 5.74) is 2.41. The molecule has 41 heavy (non-hydrogen) atoms. The molecule has 2 aromatic rings. The Labute approximate surface area is 256 Å². The number of carbonyl (C=O) groups is 3. The van der Waals surface area contributed by atoms with Gasteiger partial charge in [0.1, 0.15) is 0 Å². The van der Waals surface area contributed by atoms with Crippen LogP contribution in [0.4, 0.5) is 0 Å². The van der Waals surface area contributed by atoms with Gasteiger partial charge in [0.15, 0.2) is 0 Å². The lowest BCUT2D eigenvalue weighted by molar-refractivity contribution is -0.142. The van der Waals surface area contributed by atoms with E-state index in [1.807, 2.05) is 48.0 Å². The molecule has 2 aliphatic carbocycles. The molecule has 0 spiro atoms. The van der Waals surface area contributed by atoms with Crippen molar-refractivity contribution >= 4 is 52.5 Å². The average molecular weight is 617 g/mol. The Morgan fingerprint density at radius 2 is 1.54 bits per heavy atom. The molecule has 2 atom stereocenters. The second kappa shape index (κ2) is 11.1. The molecule has 2 aliphatic heterocycles. The molecule has 0 aromatic heterocycles. The largest absolute Gasteiger partial charge is 0.342 e. The summed E-state index contributed by atoms with van der Waals surface area (Å²) in [7, 11) is 1.82. The third-order valence-corrected chi connectivity index (χ3v) is 10.8. The van der Waals surface area contributed by atoms with E-state index < -0.39 is 0 Å². The van der Waals surface area contributed by atoms with Crippen LogP contribution in [0.5, 0.6) is 0 Å². The Hall–Kier alpha value is -2.28. The van der Waals surface area contributed by atoms with Crippen molar-refractivity contribution in [3.8, 4) is 0 Å². The van der Waals surface area contributed by atoms with Gasteiger partial charge in [-0.1, -0.05) is 47.8 Å². The topological polar surface area (TPSA) is 60.9 Å². The molecule has 3 amide bonds. The quantitative estimate of drug-likeness (QED) is 0.366. The maximum atomic E-state index is 13.8. The van der Waals surface area contributed by atoms with Gasteiger partial charge in [0.05, 0.1) is 16.1 Å². The van der Waals surface area contributed by atoms with Gasteiger partial charge < -0.3 is 14.7 Å². The summed E-state index contributed by atoms with van der Waals surface area (Å²) in [6.45, 7) is 4.21. The van der Waals surface area contributed by atoms with E-state index in [0.29, 0.717) is 65.6 Å². The summed E-state index contributed by atoms with van der Waals surface area (Å²) in [5, 5.41) is 1.63. The summed E-state index contributed by atoms with van der Waals surface area (Å²) in [6.07, 6.45) is 5.45. The van der Waals surface area contributed by atoms with Gasteiger partial charge >= 0.3 is 0 Å². The van der Waals surface area contributed by atoms with Gasteiger partial charge in [-0.2, -0.15) is 0 Å². The van der Waals surface area contributed by atoms with Crippen molar-refractivity contribution < 1.29 is 14.4 Å². The molecular formula is C32H36Cl3N3O3. The molecule has 4 fully saturated rings. The summed E-state index contributed by atoms with van der Waals surface area (Å²) in [4.78, 5) is 46.0. The Kier molecular flexibility index (Phi) is 7.80. The smallest absolute Gasteiger partial charge is 0.253 e. The molecule has 0 unspecified atom stereocenters. The van der Waals surface area contributed by atoms with Crippen LogP contribution in [0.25, 0.3) is 0 Å². The third kappa shape index (κ3) is 5.72. The highest BCUT2D eigenvalue weighted by Gasteiger charge is 2.48. The number of carbonyl (C=O) groups excluding carboxylic acids is 3. The summed E-state index contributed by atoms with van der Waals surface area (Å²) in [5.74, 6) is 0.431. The predicted molar refractivity (Wildman–Crippen MR) is 162 cm³/mol. The zero-order valence-electron chi connectivity index (χ0n) is 23.5. The average Bonchev–Trinajstić information content (AvgIpc) is 3.91. The molecule has 2 saturated carbocycles. The Morgan fingerprint density at radius 3 is 2.17 bits per heavy atom. The van der Waals surface area contributed by atoms with Gasteiger partial charge in [0, 0.05) is 61.1 Å². The first-order valence-electron chi connectivity index (χ1n) is 14.7. The molecule has 9 heteroatoms. The van der Waals surface area contributed by atoms with Gasteiger partial charge in [0.25, 0.3) is 5.91 Å². The van der Waals surface area contributed by atoms with Gasteiger partial charge in [0.2, 0.25) is 11.8 Å². The molecule has 4 aliphatic rings. The molecular weight excluding hydrogens is 581 g/mol. The number of halogens is 3. The lowest BCUT2D eigenvalue weighted by Crippen LogP contribution is -2.46. The molecule has 2 aromatic carbocycles. The lowest BCUT2D eigenvalue weighted by Gasteiger charge is -2.34. The van der Waals surface area contributed by atoms with Crippen molar-refractivity contribution in [1.82, 2.24) is 14.7 Å². The maximum absolute atomic E-state index is 13.8. The van der Waals surface area contributed by atoms with E-state index in [0.717, 1.165) is 36.8 Å². The minimum absolute atomic E-state index is 0.0895. The van der Waals surface area contributed by atoms with Crippen molar-refractivity contribution in [1.29, 1.82) is 0 Å². The number of likely N-dealkylation sites (tertiary alicyclic amines) is 2. The van der Waals surface area contributed by atoms with Crippen molar-refractivity contribution in [3.63, 3.8) is 0 Å². The highest BCUT2D eigenvalue weighted by atomic mass is 35.5. The van der Waals surface area contributed by atoms with Gasteiger partial charge in [-0.05, 0) is 85.9 Å². The highest BCUT2D eigenvalue weighted by molar-refractivity contribution is 6.42. The maximum Gasteiger partial charge on any atom is 0.253 e. The molecule has 218 valence electrons. The number of amides is 3. The highest BCUT2D eigenvalue weighted by Crippen LogP contribution is 2.47. The zero-order valence-corrected chi connectivity index (χ0v) is 25.8. The number of nitrogens with zero attached hydrogens (tertiary/aromatic N) is 3. The monoisotopic (exact) mass is 615 g/mol. The minimum atomic E-state index is -0.236. The fraction of sp³-hybridized carbons (Fsp3) is 0.531. The predicted octanol–water partition coefficient (Wildman–Crippen LogP) is 6.63. The van der Waals surface area contributed by atoms with E-state index in [9.17, 15) is 14.4 Å². The zero-order chi connectivity index (χ0) is 29.1. The van der Waals surface area contributed by atoms with Crippen LogP contribution in [-0.4, -0.2) is 71.7 Å². The fourth-order valence-electron chi connectivity index (χ4n) is 6.54. The van der Waals surface area contributed by atoms with Crippen molar-refractivity contribution in [2.75, 3.05) is 33.2 Å². The summed E-state index contributed by atoms with van der Waals surface area (Å²) < 4.78 is 0. The normalized spacial score (nSPS) is 23.9. The molecule has 2 saturated heterocycles. The van der Waals surface area contributed by atoms with Gasteiger partial charge in [-0.3, -0.25) is 14.4 Å². The fourth-order valence-corrected chi connectivity index (χ4v) is 7.12. The van der Waals surface area contributed by atoms with Crippen LogP contribution >= 0.6 is 34.8 Å². The van der Waals surface area contributed by atoms with E-state index in [1.54, 1.807) is 17.0 Å².